The molecule has 0 aliphatic carbocycles. The Morgan fingerprint density at radius 3 is 2.80 bits per heavy atom. The number of fused-ring (bicyclic) bond motifs is 1. The topological polar surface area (TPSA) is 29.1 Å². The SMILES string of the molecule is CC1(C)CNC(=O)c2c(F)cc(Cl)cc21. The van der Waals surface area contributed by atoms with E-state index in [4.69, 9.17) is 11.6 Å². The number of benzene rings is 1. The fraction of sp³-hybridized carbons (Fsp3) is 0.364. The van der Waals surface area contributed by atoms with Crippen molar-refractivity contribution in [1.29, 1.82) is 0 Å². The minimum Gasteiger partial charge on any atom is -0.351 e. The van der Waals surface area contributed by atoms with Crippen molar-refractivity contribution in [2.75, 3.05) is 6.54 Å². The van der Waals surface area contributed by atoms with Gasteiger partial charge >= 0.3 is 0 Å². The smallest absolute Gasteiger partial charge is 0.254 e. The lowest BCUT2D eigenvalue weighted by Gasteiger charge is -2.32. The van der Waals surface area contributed by atoms with Crippen molar-refractivity contribution in [3.63, 3.8) is 0 Å². The Balaban J connectivity index is 2.73. The number of amides is 1. The zero-order valence-corrected chi connectivity index (χ0v) is 9.28. The molecule has 1 aliphatic heterocycles. The van der Waals surface area contributed by atoms with Gasteiger partial charge in [-0.05, 0) is 17.7 Å². The highest BCUT2D eigenvalue weighted by Gasteiger charge is 2.33. The van der Waals surface area contributed by atoms with Gasteiger partial charge in [-0.1, -0.05) is 25.4 Å². The van der Waals surface area contributed by atoms with Gasteiger partial charge < -0.3 is 5.32 Å². The number of hydrogen-bond acceptors (Lipinski definition) is 1. The van der Waals surface area contributed by atoms with Crippen molar-refractivity contribution in [3.8, 4) is 0 Å². The molecule has 4 heteroatoms. The first kappa shape index (κ1) is 10.4. The van der Waals surface area contributed by atoms with Gasteiger partial charge in [0.25, 0.3) is 5.91 Å². The Hall–Kier alpha value is -1.09. The normalized spacial score (nSPS) is 18.3. The molecule has 80 valence electrons. The second-order valence-corrected chi connectivity index (χ2v) is 4.81. The number of rotatable bonds is 0. The van der Waals surface area contributed by atoms with Crippen LogP contribution in [0.5, 0.6) is 0 Å². The van der Waals surface area contributed by atoms with Crippen LogP contribution in [0.2, 0.25) is 5.02 Å². The van der Waals surface area contributed by atoms with E-state index >= 15 is 0 Å². The van der Waals surface area contributed by atoms with Crippen LogP contribution in [0, 0.1) is 5.82 Å². The molecular formula is C11H11ClFNO. The molecule has 2 nitrogen and oxygen atoms in total. The molecule has 0 unspecified atom stereocenters. The standard InChI is InChI=1S/C11H11ClFNO/c1-11(2)5-14-10(15)9-7(11)3-6(12)4-8(9)13/h3-4H,5H2,1-2H3,(H,14,15). The fourth-order valence-corrected chi connectivity index (χ4v) is 2.03. The monoisotopic (exact) mass is 227 g/mol. The van der Waals surface area contributed by atoms with E-state index in [1.165, 1.54) is 6.07 Å². The van der Waals surface area contributed by atoms with E-state index in [0.717, 1.165) is 0 Å². The molecule has 0 spiro atoms. The summed E-state index contributed by atoms with van der Waals surface area (Å²) in [6.45, 7) is 4.39. The molecule has 0 radical (unpaired) electrons. The summed E-state index contributed by atoms with van der Waals surface area (Å²) in [4.78, 5) is 11.5. The number of nitrogens with one attached hydrogen (secondary N) is 1. The first-order valence-electron chi connectivity index (χ1n) is 4.69. The van der Waals surface area contributed by atoms with Gasteiger partial charge in [-0.2, -0.15) is 0 Å². The minimum atomic E-state index is -0.553. The molecule has 1 amide bonds. The van der Waals surface area contributed by atoms with Crippen molar-refractivity contribution < 1.29 is 9.18 Å². The van der Waals surface area contributed by atoms with Crippen molar-refractivity contribution in [3.05, 3.63) is 34.1 Å². The molecule has 1 aromatic carbocycles. The Bertz CT molecular complexity index is 442. The quantitative estimate of drug-likeness (QED) is 0.725. The van der Waals surface area contributed by atoms with Crippen LogP contribution in [0.15, 0.2) is 12.1 Å². The molecular weight excluding hydrogens is 217 g/mol. The maximum absolute atomic E-state index is 13.6. The molecule has 0 atom stereocenters. The van der Waals surface area contributed by atoms with Gasteiger partial charge in [0, 0.05) is 17.0 Å². The summed E-state index contributed by atoms with van der Waals surface area (Å²) in [7, 11) is 0. The molecule has 0 aromatic heterocycles. The van der Waals surface area contributed by atoms with Crippen molar-refractivity contribution >= 4 is 17.5 Å². The van der Waals surface area contributed by atoms with E-state index in [0.29, 0.717) is 17.1 Å². The summed E-state index contributed by atoms with van der Waals surface area (Å²) >= 11 is 5.79. The highest BCUT2D eigenvalue weighted by Crippen LogP contribution is 2.33. The summed E-state index contributed by atoms with van der Waals surface area (Å²) in [5.41, 5.74) is 0.515. The van der Waals surface area contributed by atoms with Crippen LogP contribution in [0.1, 0.15) is 29.8 Å². The predicted molar refractivity (Wildman–Crippen MR) is 56.8 cm³/mol. The van der Waals surface area contributed by atoms with Crippen LogP contribution < -0.4 is 5.32 Å². The van der Waals surface area contributed by atoms with Gasteiger partial charge in [0.15, 0.2) is 0 Å². The predicted octanol–water partition coefficient (Wildman–Crippen LogP) is 2.50. The van der Waals surface area contributed by atoms with E-state index < -0.39 is 5.82 Å². The van der Waals surface area contributed by atoms with E-state index in [9.17, 15) is 9.18 Å². The van der Waals surface area contributed by atoms with Gasteiger partial charge in [-0.15, -0.1) is 0 Å². The maximum Gasteiger partial charge on any atom is 0.254 e. The maximum atomic E-state index is 13.6. The zero-order valence-electron chi connectivity index (χ0n) is 8.53. The Labute approximate surface area is 92.4 Å². The summed E-state index contributed by atoms with van der Waals surface area (Å²) in [5, 5.41) is 2.99. The highest BCUT2D eigenvalue weighted by molar-refractivity contribution is 6.30. The van der Waals surface area contributed by atoms with Crippen LogP contribution >= 0.6 is 11.6 Å². The van der Waals surface area contributed by atoms with Crippen molar-refractivity contribution in [1.82, 2.24) is 5.32 Å². The van der Waals surface area contributed by atoms with Crippen LogP contribution in [-0.4, -0.2) is 12.5 Å². The average molecular weight is 228 g/mol. The molecule has 1 aromatic rings. The number of carbonyl (C=O) groups excluding carboxylic acids is 1. The lowest BCUT2D eigenvalue weighted by atomic mass is 9.79. The Kier molecular flexibility index (Phi) is 2.23. The molecule has 0 saturated carbocycles. The van der Waals surface area contributed by atoms with Crippen molar-refractivity contribution in [2.45, 2.75) is 19.3 Å². The number of hydrogen-bond donors (Lipinski definition) is 1. The molecule has 0 saturated heterocycles. The molecule has 15 heavy (non-hydrogen) atoms. The second-order valence-electron chi connectivity index (χ2n) is 4.38. The van der Waals surface area contributed by atoms with Crippen LogP contribution in [0.25, 0.3) is 0 Å². The van der Waals surface area contributed by atoms with Crippen molar-refractivity contribution in [2.24, 2.45) is 0 Å². The van der Waals surface area contributed by atoms with Crippen LogP contribution in [0.3, 0.4) is 0 Å². The lowest BCUT2D eigenvalue weighted by Crippen LogP contribution is -2.44. The fourth-order valence-electron chi connectivity index (χ4n) is 1.82. The molecule has 1 heterocycles. The third kappa shape index (κ3) is 1.61. The zero-order chi connectivity index (χ0) is 11.2. The number of carbonyl (C=O) groups is 1. The molecule has 2 rings (SSSR count). The summed E-state index contributed by atoms with van der Waals surface area (Å²) in [6, 6.07) is 2.83. The molecule has 0 bridgehead atoms. The molecule has 1 N–H and O–H groups in total. The second kappa shape index (κ2) is 3.20. The van der Waals surface area contributed by atoms with Crippen LogP contribution in [-0.2, 0) is 5.41 Å². The largest absolute Gasteiger partial charge is 0.351 e. The van der Waals surface area contributed by atoms with E-state index in [-0.39, 0.29) is 16.9 Å². The van der Waals surface area contributed by atoms with Gasteiger partial charge in [-0.25, -0.2) is 4.39 Å². The van der Waals surface area contributed by atoms with E-state index in [2.05, 4.69) is 5.32 Å². The Morgan fingerprint density at radius 1 is 1.47 bits per heavy atom. The van der Waals surface area contributed by atoms with Gasteiger partial charge in [-0.3, -0.25) is 4.79 Å². The summed E-state index contributed by atoms with van der Waals surface area (Å²) < 4.78 is 13.6. The minimum absolute atomic E-state index is 0.121. The first-order valence-corrected chi connectivity index (χ1v) is 5.07. The van der Waals surface area contributed by atoms with Crippen LogP contribution in [0.4, 0.5) is 4.39 Å². The Morgan fingerprint density at radius 2 is 2.13 bits per heavy atom. The van der Waals surface area contributed by atoms with E-state index in [1.807, 2.05) is 13.8 Å². The van der Waals surface area contributed by atoms with Gasteiger partial charge in [0.1, 0.15) is 5.82 Å². The first-order chi connectivity index (χ1) is 6.92. The van der Waals surface area contributed by atoms with Gasteiger partial charge in [0.2, 0.25) is 0 Å². The third-order valence-electron chi connectivity index (χ3n) is 2.70. The third-order valence-corrected chi connectivity index (χ3v) is 2.92. The lowest BCUT2D eigenvalue weighted by molar-refractivity contribution is 0.0925. The summed E-state index contributed by atoms with van der Waals surface area (Å²) in [5.74, 6) is -0.915. The highest BCUT2D eigenvalue weighted by atomic mass is 35.5. The van der Waals surface area contributed by atoms with Gasteiger partial charge in [0.05, 0.1) is 5.56 Å². The summed E-state index contributed by atoms with van der Waals surface area (Å²) in [6.07, 6.45) is 0. The number of halogens is 2. The van der Waals surface area contributed by atoms with E-state index in [1.54, 1.807) is 6.07 Å². The molecule has 0 fully saturated rings. The average Bonchev–Trinajstić information content (AvgIpc) is 2.11. The molecule has 1 aliphatic rings.